The van der Waals surface area contributed by atoms with Crippen LogP contribution in [0.15, 0.2) is 71.6 Å². The molecule has 0 aromatic heterocycles. The van der Waals surface area contributed by atoms with E-state index in [-0.39, 0.29) is 22.8 Å². The van der Waals surface area contributed by atoms with Gasteiger partial charge in [0.1, 0.15) is 11.5 Å². The molecule has 0 fully saturated rings. The lowest BCUT2D eigenvalue weighted by Crippen LogP contribution is -2.42. The van der Waals surface area contributed by atoms with Crippen molar-refractivity contribution < 1.29 is 27.5 Å². The number of benzene rings is 3. The van der Waals surface area contributed by atoms with Crippen LogP contribution in [-0.2, 0) is 27.7 Å². The van der Waals surface area contributed by atoms with Gasteiger partial charge in [0.05, 0.1) is 24.5 Å². The van der Waals surface area contributed by atoms with Crippen molar-refractivity contribution in [3.8, 4) is 11.5 Å². The first-order chi connectivity index (χ1) is 16.8. The summed E-state index contributed by atoms with van der Waals surface area (Å²) in [7, 11) is -3.80. The third-order valence-electron chi connectivity index (χ3n) is 5.28. The van der Waals surface area contributed by atoms with Gasteiger partial charge < -0.3 is 9.47 Å². The molecule has 0 saturated heterocycles. The molecule has 3 aromatic carbocycles. The summed E-state index contributed by atoms with van der Waals surface area (Å²) in [5.41, 5.74) is 7.20. The number of hydrogen-bond donors (Lipinski definition) is 3. The molecule has 1 aliphatic heterocycles. The molecule has 2 amide bonds. The van der Waals surface area contributed by atoms with Crippen LogP contribution in [0.4, 0.5) is 5.69 Å². The molecule has 3 N–H and O–H groups in total. The number of ether oxygens (including phenoxy) is 2. The standard InChI is InChI=1S/C25H25N3O6S/c1-2-33-21-8-10-22(11-9-21)35(31,32)28-20-6-4-18(5-7-20)25(30)27-26-24(29)16-17-3-12-23-19(15-17)13-14-34-23/h3-12,15,28H,2,13-14,16H2,1H3,(H,26,29)(H,27,30). The van der Waals surface area contributed by atoms with Crippen molar-refractivity contribution in [3.05, 3.63) is 83.4 Å². The van der Waals surface area contributed by atoms with Gasteiger partial charge in [-0.25, -0.2) is 8.42 Å². The van der Waals surface area contributed by atoms with Crippen LogP contribution in [0, 0.1) is 0 Å². The smallest absolute Gasteiger partial charge is 0.269 e. The van der Waals surface area contributed by atoms with E-state index in [0.29, 0.717) is 24.7 Å². The van der Waals surface area contributed by atoms with Crippen LogP contribution < -0.4 is 25.0 Å². The number of anilines is 1. The van der Waals surface area contributed by atoms with Crippen molar-refractivity contribution in [3.63, 3.8) is 0 Å². The summed E-state index contributed by atoms with van der Waals surface area (Å²) in [6, 6.07) is 17.5. The van der Waals surface area contributed by atoms with Gasteiger partial charge in [-0.2, -0.15) is 0 Å². The van der Waals surface area contributed by atoms with Crippen LogP contribution >= 0.6 is 0 Å². The Morgan fingerprint density at radius 1 is 0.971 bits per heavy atom. The molecule has 0 radical (unpaired) electrons. The molecule has 9 nitrogen and oxygen atoms in total. The Morgan fingerprint density at radius 2 is 1.71 bits per heavy atom. The third-order valence-corrected chi connectivity index (χ3v) is 6.68. The molecule has 0 atom stereocenters. The zero-order valence-corrected chi connectivity index (χ0v) is 19.9. The van der Waals surface area contributed by atoms with Gasteiger partial charge in [0.15, 0.2) is 0 Å². The number of carbonyl (C=O) groups excluding carboxylic acids is 2. The fourth-order valence-electron chi connectivity index (χ4n) is 3.56. The predicted molar refractivity (Wildman–Crippen MR) is 130 cm³/mol. The lowest BCUT2D eigenvalue weighted by molar-refractivity contribution is -0.121. The Labute approximate surface area is 203 Å². The zero-order valence-electron chi connectivity index (χ0n) is 19.0. The summed E-state index contributed by atoms with van der Waals surface area (Å²) in [5, 5.41) is 0. The van der Waals surface area contributed by atoms with Crippen LogP contribution in [-0.4, -0.2) is 33.4 Å². The SMILES string of the molecule is CCOc1ccc(S(=O)(=O)Nc2ccc(C(=O)NNC(=O)Cc3ccc4c(c3)CCO4)cc2)cc1. The molecule has 35 heavy (non-hydrogen) atoms. The van der Waals surface area contributed by atoms with Crippen molar-refractivity contribution in [1.82, 2.24) is 10.9 Å². The molecule has 0 unspecified atom stereocenters. The fourth-order valence-corrected chi connectivity index (χ4v) is 4.62. The molecule has 0 aliphatic carbocycles. The summed E-state index contributed by atoms with van der Waals surface area (Å²) in [4.78, 5) is 24.7. The quantitative estimate of drug-likeness (QED) is 0.413. The van der Waals surface area contributed by atoms with Gasteiger partial charge in [0.25, 0.3) is 15.9 Å². The first-order valence-corrected chi connectivity index (χ1v) is 12.5. The molecule has 182 valence electrons. The number of amides is 2. The van der Waals surface area contributed by atoms with Gasteiger partial charge in [-0.15, -0.1) is 0 Å². The maximum atomic E-state index is 12.6. The summed E-state index contributed by atoms with van der Waals surface area (Å²) in [6.07, 6.45) is 0.924. The van der Waals surface area contributed by atoms with E-state index in [2.05, 4.69) is 15.6 Å². The van der Waals surface area contributed by atoms with Crippen LogP contribution in [0.2, 0.25) is 0 Å². The maximum Gasteiger partial charge on any atom is 0.269 e. The molecule has 1 heterocycles. The first-order valence-electron chi connectivity index (χ1n) is 11.0. The van der Waals surface area contributed by atoms with E-state index >= 15 is 0 Å². The van der Waals surface area contributed by atoms with Gasteiger partial charge in [0.2, 0.25) is 5.91 Å². The second-order valence-corrected chi connectivity index (χ2v) is 9.49. The monoisotopic (exact) mass is 495 g/mol. The molecule has 10 heteroatoms. The van der Waals surface area contributed by atoms with Crippen molar-refractivity contribution in [1.29, 1.82) is 0 Å². The number of hydrazine groups is 1. The van der Waals surface area contributed by atoms with E-state index < -0.39 is 15.9 Å². The van der Waals surface area contributed by atoms with Crippen molar-refractivity contribution in [2.24, 2.45) is 0 Å². The number of sulfonamides is 1. The lowest BCUT2D eigenvalue weighted by Gasteiger charge is -2.11. The zero-order chi connectivity index (χ0) is 24.8. The minimum atomic E-state index is -3.80. The normalized spacial score (nSPS) is 12.3. The number of nitrogens with one attached hydrogen (secondary N) is 3. The second-order valence-electron chi connectivity index (χ2n) is 7.81. The second kappa shape index (κ2) is 10.5. The van der Waals surface area contributed by atoms with Gasteiger partial charge >= 0.3 is 0 Å². The Bertz CT molecular complexity index is 1320. The van der Waals surface area contributed by atoms with Gasteiger partial charge in [-0.1, -0.05) is 12.1 Å². The van der Waals surface area contributed by atoms with Crippen molar-refractivity contribution in [2.45, 2.75) is 24.7 Å². The average Bonchev–Trinajstić information content (AvgIpc) is 3.31. The largest absolute Gasteiger partial charge is 0.494 e. The minimum absolute atomic E-state index is 0.0846. The van der Waals surface area contributed by atoms with E-state index in [4.69, 9.17) is 9.47 Å². The van der Waals surface area contributed by atoms with E-state index in [0.717, 1.165) is 23.3 Å². The first kappa shape index (κ1) is 24.1. The summed E-state index contributed by atoms with van der Waals surface area (Å²) in [6.45, 7) is 2.97. The van der Waals surface area contributed by atoms with E-state index in [1.807, 2.05) is 25.1 Å². The molecule has 0 bridgehead atoms. The summed E-state index contributed by atoms with van der Waals surface area (Å²) >= 11 is 0. The average molecular weight is 496 g/mol. The van der Waals surface area contributed by atoms with Crippen molar-refractivity contribution in [2.75, 3.05) is 17.9 Å². The predicted octanol–water partition coefficient (Wildman–Crippen LogP) is 2.82. The highest BCUT2D eigenvalue weighted by atomic mass is 32.2. The van der Waals surface area contributed by atoms with Gasteiger partial charge in [-0.05, 0) is 72.6 Å². The molecule has 3 aromatic rings. The van der Waals surface area contributed by atoms with E-state index in [1.54, 1.807) is 12.1 Å². The van der Waals surface area contributed by atoms with Crippen LogP contribution in [0.25, 0.3) is 0 Å². The maximum absolute atomic E-state index is 12.6. The highest BCUT2D eigenvalue weighted by molar-refractivity contribution is 7.92. The molecular weight excluding hydrogens is 470 g/mol. The minimum Gasteiger partial charge on any atom is -0.494 e. The molecule has 0 spiro atoms. The highest BCUT2D eigenvalue weighted by Crippen LogP contribution is 2.26. The number of rotatable bonds is 8. The molecule has 4 rings (SSSR count). The van der Waals surface area contributed by atoms with Crippen LogP contribution in [0.3, 0.4) is 0 Å². The van der Waals surface area contributed by atoms with Crippen LogP contribution in [0.5, 0.6) is 11.5 Å². The summed E-state index contributed by atoms with van der Waals surface area (Å²) in [5.74, 6) is 0.530. The van der Waals surface area contributed by atoms with Gasteiger partial charge in [0, 0.05) is 17.7 Å². The van der Waals surface area contributed by atoms with Gasteiger partial charge in [-0.3, -0.25) is 25.2 Å². The molecule has 1 aliphatic rings. The Kier molecular flexibility index (Phi) is 7.21. The van der Waals surface area contributed by atoms with Crippen molar-refractivity contribution >= 4 is 27.5 Å². The number of carbonyl (C=O) groups is 2. The fraction of sp³-hybridized carbons (Fsp3) is 0.200. The highest BCUT2D eigenvalue weighted by Gasteiger charge is 2.16. The molecule has 0 saturated carbocycles. The number of fused-ring (bicyclic) bond motifs is 1. The Hall–Kier alpha value is -4.05. The topological polar surface area (TPSA) is 123 Å². The van der Waals surface area contributed by atoms with E-state index in [9.17, 15) is 18.0 Å². The third kappa shape index (κ3) is 6.10. The Balaban J connectivity index is 1.30. The lowest BCUT2D eigenvalue weighted by atomic mass is 10.1. The van der Waals surface area contributed by atoms with E-state index in [1.165, 1.54) is 36.4 Å². The summed E-state index contributed by atoms with van der Waals surface area (Å²) < 4.78 is 38.4. The molecular formula is C25H25N3O6S. The Morgan fingerprint density at radius 3 is 2.43 bits per heavy atom. The van der Waals surface area contributed by atoms with Crippen LogP contribution in [0.1, 0.15) is 28.4 Å². The number of hydrogen-bond acceptors (Lipinski definition) is 6.